The molecule has 0 radical (unpaired) electrons. The normalized spacial score (nSPS) is 20.7. The molecule has 1 saturated carbocycles. The minimum Gasteiger partial charge on any atom is -0.496 e. The third-order valence-corrected chi connectivity index (χ3v) is 4.98. The molecule has 1 aliphatic rings. The van der Waals surface area contributed by atoms with Crippen LogP contribution in [0.3, 0.4) is 0 Å². The first-order valence-electron chi connectivity index (χ1n) is 7.93. The highest BCUT2D eigenvalue weighted by Gasteiger charge is 2.37. The summed E-state index contributed by atoms with van der Waals surface area (Å²) < 4.78 is 19.1. The number of ether oxygens (including phenoxy) is 1. The summed E-state index contributed by atoms with van der Waals surface area (Å²) in [4.78, 5) is 12.6. The average molecular weight is 368 g/mol. The van der Waals surface area contributed by atoms with Gasteiger partial charge in [-0.15, -0.1) is 0 Å². The van der Waals surface area contributed by atoms with Gasteiger partial charge in [-0.25, -0.2) is 4.39 Å². The summed E-state index contributed by atoms with van der Waals surface area (Å²) in [5.74, 6) is -0.457. The second-order valence-corrected chi connectivity index (χ2v) is 6.61. The smallest absolute Gasteiger partial charge is 0.273 e. The number of aromatic nitrogens is 2. The van der Waals surface area contributed by atoms with Gasteiger partial charge < -0.3 is 15.2 Å². The van der Waals surface area contributed by atoms with E-state index in [1.807, 2.05) is 0 Å². The molecule has 6 nitrogen and oxygen atoms in total. The molecule has 1 fully saturated rings. The van der Waals surface area contributed by atoms with E-state index in [-0.39, 0.29) is 16.6 Å². The van der Waals surface area contributed by atoms with Crippen LogP contribution in [0.2, 0.25) is 5.02 Å². The molecule has 0 saturated heterocycles. The van der Waals surface area contributed by atoms with Gasteiger partial charge in [0, 0.05) is 5.56 Å². The highest BCUT2D eigenvalue weighted by molar-refractivity contribution is 6.34. The number of aryl methyl sites for hydroxylation is 1. The summed E-state index contributed by atoms with van der Waals surface area (Å²) in [5.41, 5.74) is 1.20. The lowest BCUT2D eigenvalue weighted by Gasteiger charge is -2.38. The van der Waals surface area contributed by atoms with E-state index in [4.69, 9.17) is 16.3 Å². The molecular weight excluding hydrogens is 349 g/mol. The first kappa shape index (κ1) is 17.7. The van der Waals surface area contributed by atoms with Crippen molar-refractivity contribution < 1.29 is 19.0 Å². The van der Waals surface area contributed by atoms with Gasteiger partial charge in [-0.05, 0) is 43.9 Å². The van der Waals surface area contributed by atoms with E-state index in [9.17, 15) is 14.3 Å². The summed E-state index contributed by atoms with van der Waals surface area (Å²) in [6.45, 7) is 1.71. The Bertz CT molecular complexity index is 789. The number of carbonyl (C=O) groups excluding carboxylic acids is 1. The number of benzene rings is 1. The fourth-order valence-electron chi connectivity index (χ4n) is 3.08. The van der Waals surface area contributed by atoms with E-state index in [0.717, 1.165) is 0 Å². The topological polar surface area (TPSA) is 87.2 Å². The number of halogens is 2. The summed E-state index contributed by atoms with van der Waals surface area (Å²) in [7, 11) is 1.49. The van der Waals surface area contributed by atoms with Crippen LogP contribution in [-0.2, 0) is 0 Å². The maximum Gasteiger partial charge on any atom is 0.273 e. The molecule has 3 rings (SSSR count). The number of methoxy groups -OCH3 is 1. The lowest BCUT2D eigenvalue weighted by Crippen LogP contribution is -2.41. The van der Waals surface area contributed by atoms with Crippen molar-refractivity contribution in [3.05, 3.63) is 46.0 Å². The Kier molecular flexibility index (Phi) is 4.96. The third kappa shape index (κ3) is 3.48. The number of nitrogens with zero attached hydrogens (tertiary/aromatic N) is 1. The lowest BCUT2D eigenvalue weighted by molar-refractivity contribution is 0.0230. The molecule has 8 heteroatoms. The molecule has 0 bridgehead atoms. The number of hydrogen-bond donors (Lipinski definition) is 3. The molecule has 1 aromatic carbocycles. The van der Waals surface area contributed by atoms with Crippen LogP contribution in [-0.4, -0.2) is 34.4 Å². The standard InChI is InChI=1S/C17H19ClFN3O3/c1-8-14(18)16(22-21-8)17(24)20-15(9-5-11(23)6-9)12-7-10(19)3-4-13(12)25-2/h3-4,7,9,11,15,23H,5-6H2,1-2H3,(H,20,24)(H,21,22)/t9?,11?,15-/m1/s1. The number of carbonyl (C=O) groups is 1. The van der Waals surface area contributed by atoms with E-state index < -0.39 is 23.9 Å². The maximum absolute atomic E-state index is 13.8. The molecule has 134 valence electrons. The monoisotopic (exact) mass is 367 g/mol. The van der Waals surface area contributed by atoms with Crippen LogP contribution < -0.4 is 10.1 Å². The predicted octanol–water partition coefficient (Wildman–Crippen LogP) is 2.76. The maximum atomic E-state index is 13.8. The summed E-state index contributed by atoms with van der Waals surface area (Å²) in [5, 5.41) is 19.3. The minimum absolute atomic E-state index is 0.0338. The van der Waals surface area contributed by atoms with Crippen molar-refractivity contribution in [3.63, 3.8) is 0 Å². The van der Waals surface area contributed by atoms with Gasteiger partial charge in [0.15, 0.2) is 5.69 Å². The van der Waals surface area contributed by atoms with Gasteiger partial charge in [-0.3, -0.25) is 9.89 Å². The average Bonchev–Trinajstić information content (AvgIpc) is 2.89. The highest BCUT2D eigenvalue weighted by atomic mass is 35.5. The number of amides is 1. The highest BCUT2D eigenvalue weighted by Crippen LogP contribution is 2.41. The van der Waals surface area contributed by atoms with Crippen molar-refractivity contribution in [2.45, 2.75) is 31.9 Å². The zero-order valence-electron chi connectivity index (χ0n) is 13.8. The van der Waals surface area contributed by atoms with E-state index >= 15 is 0 Å². The molecule has 0 unspecified atom stereocenters. The van der Waals surface area contributed by atoms with E-state index in [1.54, 1.807) is 6.92 Å². The molecular formula is C17H19ClFN3O3. The van der Waals surface area contributed by atoms with Crippen LogP contribution in [0.1, 0.15) is 40.6 Å². The molecule has 2 aromatic rings. The van der Waals surface area contributed by atoms with E-state index in [1.165, 1.54) is 25.3 Å². The molecule has 1 aliphatic carbocycles. The zero-order valence-corrected chi connectivity index (χ0v) is 14.6. The number of nitrogens with one attached hydrogen (secondary N) is 2. The Morgan fingerprint density at radius 1 is 1.52 bits per heavy atom. The molecule has 25 heavy (non-hydrogen) atoms. The number of rotatable bonds is 5. The van der Waals surface area contributed by atoms with Crippen molar-refractivity contribution in [2.24, 2.45) is 5.92 Å². The first-order chi connectivity index (χ1) is 11.9. The predicted molar refractivity (Wildman–Crippen MR) is 90.2 cm³/mol. The van der Waals surface area contributed by atoms with Crippen LogP contribution in [0.4, 0.5) is 4.39 Å². The molecule has 0 spiro atoms. The molecule has 1 aromatic heterocycles. The van der Waals surface area contributed by atoms with Gasteiger partial charge in [0.05, 0.1) is 30.0 Å². The number of aliphatic hydroxyl groups is 1. The summed E-state index contributed by atoms with van der Waals surface area (Å²) in [6, 6.07) is 3.64. The number of aromatic amines is 1. The van der Waals surface area contributed by atoms with Crippen LogP contribution in [0.25, 0.3) is 0 Å². The Balaban J connectivity index is 1.92. The lowest BCUT2D eigenvalue weighted by atomic mass is 9.74. The molecule has 1 heterocycles. The van der Waals surface area contributed by atoms with Crippen molar-refractivity contribution >= 4 is 17.5 Å². The largest absolute Gasteiger partial charge is 0.496 e. The Labute approximate surface area is 149 Å². The van der Waals surface area contributed by atoms with E-state index in [0.29, 0.717) is 29.8 Å². The molecule has 3 N–H and O–H groups in total. The van der Waals surface area contributed by atoms with Gasteiger partial charge >= 0.3 is 0 Å². The Hall–Kier alpha value is -2.12. The quantitative estimate of drug-likeness (QED) is 0.758. The van der Waals surface area contributed by atoms with Crippen LogP contribution in [0.15, 0.2) is 18.2 Å². The number of H-pyrrole nitrogens is 1. The fraction of sp³-hybridized carbons (Fsp3) is 0.412. The van der Waals surface area contributed by atoms with Crippen LogP contribution in [0, 0.1) is 18.7 Å². The van der Waals surface area contributed by atoms with Gasteiger partial charge in [0.2, 0.25) is 0 Å². The third-order valence-electron chi connectivity index (χ3n) is 4.52. The molecule has 1 atom stereocenters. The van der Waals surface area contributed by atoms with Crippen molar-refractivity contribution in [3.8, 4) is 5.75 Å². The fourth-order valence-corrected chi connectivity index (χ4v) is 3.25. The van der Waals surface area contributed by atoms with Crippen molar-refractivity contribution in [1.29, 1.82) is 0 Å². The first-order valence-corrected chi connectivity index (χ1v) is 8.31. The van der Waals surface area contributed by atoms with Gasteiger partial charge in [-0.1, -0.05) is 11.6 Å². The Morgan fingerprint density at radius 3 is 2.80 bits per heavy atom. The second-order valence-electron chi connectivity index (χ2n) is 6.23. The van der Waals surface area contributed by atoms with Gasteiger partial charge in [-0.2, -0.15) is 5.10 Å². The SMILES string of the molecule is COc1ccc(F)cc1[C@H](NC(=O)c1n[nH]c(C)c1Cl)C1CC(O)C1. The summed E-state index contributed by atoms with van der Waals surface area (Å²) >= 11 is 6.09. The van der Waals surface area contributed by atoms with Crippen LogP contribution in [0.5, 0.6) is 5.75 Å². The molecule has 1 amide bonds. The molecule has 0 aliphatic heterocycles. The van der Waals surface area contributed by atoms with Gasteiger partial charge in [0.25, 0.3) is 5.91 Å². The second kappa shape index (κ2) is 7.01. The van der Waals surface area contributed by atoms with E-state index in [2.05, 4.69) is 15.5 Å². The van der Waals surface area contributed by atoms with Gasteiger partial charge in [0.1, 0.15) is 11.6 Å². The number of hydrogen-bond acceptors (Lipinski definition) is 4. The summed E-state index contributed by atoms with van der Waals surface area (Å²) in [6.07, 6.45) is 0.607. The van der Waals surface area contributed by atoms with Crippen molar-refractivity contribution in [1.82, 2.24) is 15.5 Å². The Morgan fingerprint density at radius 2 is 2.24 bits per heavy atom. The van der Waals surface area contributed by atoms with Crippen molar-refractivity contribution in [2.75, 3.05) is 7.11 Å². The number of aliphatic hydroxyl groups excluding tert-OH is 1. The minimum atomic E-state index is -0.519. The van der Waals surface area contributed by atoms with Crippen LogP contribution >= 0.6 is 11.6 Å². The zero-order chi connectivity index (χ0) is 18.1.